The van der Waals surface area contributed by atoms with Crippen molar-refractivity contribution in [1.29, 1.82) is 0 Å². The first-order valence-corrected chi connectivity index (χ1v) is 5.12. The van der Waals surface area contributed by atoms with Crippen LogP contribution in [0.3, 0.4) is 0 Å². The topological polar surface area (TPSA) is 60.2 Å². The molecule has 1 heterocycles. The number of rotatable bonds is 1. The highest BCUT2D eigenvalue weighted by molar-refractivity contribution is 7.99. The number of ketones is 1. The van der Waals surface area contributed by atoms with E-state index in [1.165, 1.54) is 17.8 Å². The van der Waals surface area contributed by atoms with E-state index in [-0.39, 0.29) is 11.5 Å². The lowest BCUT2D eigenvalue weighted by atomic mass is 10.1. The predicted molar refractivity (Wildman–Crippen MR) is 52.8 cm³/mol. The number of hydrogen-bond donors (Lipinski definition) is 0. The van der Waals surface area contributed by atoms with Crippen molar-refractivity contribution in [2.75, 3.05) is 5.75 Å². The van der Waals surface area contributed by atoms with Crippen molar-refractivity contribution in [3.05, 3.63) is 33.9 Å². The highest BCUT2D eigenvalue weighted by Gasteiger charge is 2.25. The average molecular weight is 209 g/mol. The van der Waals surface area contributed by atoms with E-state index in [2.05, 4.69) is 0 Å². The number of nitro benzene ring substituents is 1. The largest absolute Gasteiger partial charge is 0.294 e. The Kier molecular flexibility index (Phi) is 2.25. The second-order valence-corrected chi connectivity index (χ2v) is 4.04. The van der Waals surface area contributed by atoms with Crippen LogP contribution >= 0.6 is 11.8 Å². The number of nitrogens with zero attached hydrogens (tertiary/aromatic N) is 1. The van der Waals surface area contributed by atoms with E-state index in [0.29, 0.717) is 22.6 Å². The van der Waals surface area contributed by atoms with Gasteiger partial charge in [0.15, 0.2) is 5.78 Å². The summed E-state index contributed by atoms with van der Waals surface area (Å²) >= 11 is 1.38. The Balaban J connectivity index is 2.60. The van der Waals surface area contributed by atoms with Gasteiger partial charge in [0.1, 0.15) is 0 Å². The summed E-state index contributed by atoms with van der Waals surface area (Å²) in [4.78, 5) is 22.2. The molecule has 0 bridgehead atoms. The molecule has 1 aliphatic rings. The summed E-state index contributed by atoms with van der Waals surface area (Å²) in [6.45, 7) is 0. The van der Waals surface area contributed by atoms with Crippen LogP contribution in [0.25, 0.3) is 0 Å². The molecule has 0 saturated heterocycles. The van der Waals surface area contributed by atoms with Crippen molar-refractivity contribution in [2.24, 2.45) is 0 Å². The summed E-state index contributed by atoms with van der Waals surface area (Å²) in [6.07, 6.45) is 0.471. The smallest absolute Gasteiger partial charge is 0.283 e. The van der Waals surface area contributed by atoms with Crippen LogP contribution in [-0.4, -0.2) is 16.5 Å². The monoisotopic (exact) mass is 209 g/mol. The number of carbonyl (C=O) groups excluding carboxylic acids is 1. The van der Waals surface area contributed by atoms with Gasteiger partial charge in [-0.25, -0.2) is 0 Å². The van der Waals surface area contributed by atoms with Gasteiger partial charge in [-0.05, 0) is 6.07 Å². The van der Waals surface area contributed by atoms with Crippen LogP contribution in [0.15, 0.2) is 23.1 Å². The molecule has 0 fully saturated rings. The summed E-state index contributed by atoms with van der Waals surface area (Å²) in [5, 5.41) is 10.7. The van der Waals surface area contributed by atoms with Gasteiger partial charge in [0.25, 0.3) is 5.69 Å². The van der Waals surface area contributed by atoms with Gasteiger partial charge in [0.2, 0.25) is 0 Å². The third-order valence-electron chi connectivity index (χ3n) is 2.07. The Morgan fingerprint density at radius 2 is 2.21 bits per heavy atom. The Hall–Kier alpha value is -1.36. The molecule has 0 saturated carbocycles. The highest BCUT2D eigenvalue weighted by atomic mass is 32.2. The molecule has 0 N–H and O–H groups in total. The average Bonchev–Trinajstić information content (AvgIpc) is 2.17. The maximum atomic E-state index is 11.4. The highest BCUT2D eigenvalue weighted by Crippen LogP contribution is 2.36. The molecular formula is C9H7NO3S. The van der Waals surface area contributed by atoms with Crippen molar-refractivity contribution in [2.45, 2.75) is 11.3 Å². The summed E-state index contributed by atoms with van der Waals surface area (Å²) < 4.78 is 0. The molecule has 0 aliphatic carbocycles. The van der Waals surface area contributed by atoms with E-state index in [1.807, 2.05) is 0 Å². The lowest BCUT2D eigenvalue weighted by molar-refractivity contribution is -0.387. The van der Waals surface area contributed by atoms with Crippen LogP contribution in [0, 0.1) is 10.1 Å². The Morgan fingerprint density at radius 3 is 2.93 bits per heavy atom. The lowest BCUT2D eigenvalue weighted by Crippen LogP contribution is -2.09. The zero-order valence-electron chi connectivity index (χ0n) is 7.23. The minimum absolute atomic E-state index is 0.00227. The molecule has 4 nitrogen and oxygen atoms in total. The first kappa shape index (κ1) is 9.21. The molecular weight excluding hydrogens is 202 g/mol. The molecule has 14 heavy (non-hydrogen) atoms. The van der Waals surface area contributed by atoms with Gasteiger partial charge in [-0.2, -0.15) is 0 Å². The number of nitro groups is 1. The Bertz CT molecular complexity index is 402. The third kappa shape index (κ3) is 1.39. The SMILES string of the molecule is O=C1CCSc2c1cccc2[N+](=O)[O-]. The maximum absolute atomic E-state index is 11.4. The fourth-order valence-electron chi connectivity index (χ4n) is 1.42. The molecule has 5 heteroatoms. The molecule has 0 radical (unpaired) electrons. The number of thioether (sulfide) groups is 1. The maximum Gasteiger partial charge on any atom is 0.283 e. The standard InChI is InChI=1S/C9H7NO3S/c11-8-4-5-14-9-6(8)2-1-3-7(9)10(12)13/h1-3H,4-5H2. The van der Waals surface area contributed by atoms with E-state index in [9.17, 15) is 14.9 Å². The van der Waals surface area contributed by atoms with Crippen LogP contribution < -0.4 is 0 Å². The Morgan fingerprint density at radius 1 is 1.43 bits per heavy atom. The van der Waals surface area contributed by atoms with Gasteiger partial charge in [-0.3, -0.25) is 14.9 Å². The second kappa shape index (κ2) is 3.42. The molecule has 1 aliphatic heterocycles. The first-order chi connectivity index (χ1) is 6.70. The van der Waals surface area contributed by atoms with Gasteiger partial charge in [0.05, 0.1) is 9.82 Å². The van der Waals surface area contributed by atoms with Crippen LogP contribution in [0.2, 0.25) is 0 Å². The second-order valence-electron chi connectivity index (χ2n) is 2.93. The molecule has 2 rings (SSSR count). The van der Waals surface area contributed by atoms with Gasteiger partial charge in [-0.1, -0.05) is 6.07 Å². The zero-order chi connectivity index (χ0) is 10.1. The minimum Gasteiger partial charge on any atom is -0.294 e. The van der Waals surface area contributed by atoms with Crippen molar-refractivity contribution >= 4 is 23.2 Å². The van der Waals surface area contributed by atoms with Gasteiger partial charge < -0.3 is 0 Å². The number of fused-ring (bicyclic) bond motifs is 1. The van der Waals surface area contributed by atoms with E-state index >= 15 is 0 Å². The predicted octanol–water partition coefficient (Wildman–Crippen LogP) is 2.27. The van der Waals surface area contributed by atoms with Crippen molar-refractivity contribution in [1.82, 2.24) is 0 Å². The molecule has 0 aromatic heterocycles. The lowest BCUT2D eigenvalue weighted by Gasteiger charge is -2.12. The van der Waals surface area contributed by atoms with E-state index < -0.39 is 4.92 Å². The fourth-order valence-corrected chi connectivity index (χ4v) is 2.54. The van der Waals surface area contributed by atoms with Crippen LogP contribution in [0.1, 0.15) is 16.8 Å². The number of hydrogen-bond acceptors (Lipinski definition) is 4. The summed E-state index contributed by atoms with van der Waals surface area (Å²) in [5.41, 5.74) is 0.538. The van der Waals surface area contributed by atoms with Crippen LogP contribution in [0.5, 0.6) is 0 Å². The van der Waals surface area contributed by atoms with Crippen molar-refractivity contribution in [3.63, 3.8) is 0 Å². The van der Waals surface area contributed by atoms with E-state index in [1.54, 1.807) is 12.1 Å². The Labute approximate surface area is 84.5 Å². The summed E-state index contributed by atoms with van der Waals surface area (Å²) in [5.74, 6) is 0.638. The summed E-state index contributed by atoms with van der Waals surface area (Å²) in [6, 6.07) is 4.64. The fraction of sp³-hybridized carbons (Fsp3) is 0.222. The molecule has 0 unspecified atom stereocenters. The van der Waals surface area contributed by atoms with Crippen LogP contribution in [-0.2, 0) is 0 Å². The third-order valence-corrected chi connectivity index (χ3v) is 3.19. The zero-order valence-corrected chi connectivity index (χ0v) is 8.04. The number of benzene rings is 1. The van der Waals surface area contributed by atoms with Crippen LogP contribution in [0.4, 0.5) is 5.69 Å². The van der Waals surface area contributed by atoms with E-state index in [4.69, 9.17) is 0 Å². The molecule has 1 aromatic carbocycles. The van der Waals surface area contributed by atoms with Crippen molar-refractivity contribution in [3.8, 4) is 0 Å². The van der Waals surface area contributed by atoms with Gasteiger partial charge >= 0.3 is 0 Å². The van der Waals surface area contributed by atoms with E-state index in [0.717, 1.165) is 0 Å². The normalized spacial score (nSPS) is 15.0. The molecule has 0 amide bonds. The molecule has 72 valence electrons. The summed E-state index contributed by atoms with van der Waals surface area (Å²) in [7, 11) is 0. The van der Waals surface area contributed by atoms with Gasteiger partial charge in [0, 0.05) is 23.8 Å². The minimum atomic E-state index is -0.440. The van der Waals surface area contributed by atoms with Gasteiger partial charge in [-0.15, -0.1) is 11.8 Å². The first-order valence-electron chi connectivity index (χ1n) is 4.13. The number of Topliss-reactive ketones (excluding diaryl/α,β-unsaturated/α-hetero) is 1. The molecule has 1 aromatic rings. The quantitative estimate of drug-likeness (QED) is 0.525. The number of carbonyl (C=O) groups is 1. The molecule has 0 atom stereocenters. The molecule has 0 spiro atoms. The van der Waals surface area contributed by atoms with Crippen molar-refractivity contribution < 1.29 is 9.72 Å².